The molecule has 130 valence electrons. The number of carbonyl (C=O) groups excluding carboxylic acids is 1. The minimum atomic E-state index is -0.561. The SMILES string of the molecule is C=C(CC)C(=O)OOc1c(-c2ccccc2)cccc1-c1ccccc1. The summed E-state index contributed by atoms with van der Waals surface area (Å²) in [6.07, 6.45) is 0.508. The second-order valence-corrected chi connectivity index (χ2v) is 5.83. The van der Waals surface area contributed by atoms with Crippen LogP contribution in [0.5, 0.6) is 5.75 Å². The van der Waals surface area contributed by atoms with Crippen LogP contribution in [0.25, 0.3) is 22.3 Å². The van der Waals surface area contributed by atoms with E-state index in [1.54, 1.807) is 0 Å². The Bertz CT molecular complexity index is 842. The minimum Gasteiger partial charge on any atom is -0.285 e. The van der Waals surface area contributed by atoms with Crippen LogP contribution in [0.1, 0.15) is 13.3 Å². The molecule has 0 saturated carbocycles. The lowest BCUT2D eigenvalue weighted by atomic mass is 9.97. The van der Waals surface area contributed by atoms with Crippen molar-refractivity contribution in [2.75, 3.05) is 0 Å². The first-order valence-electron chi connectivity index (χ1n) is 8.51. The Hall–Kier alpha value is -3.33. The van der Waals surface area contributed by atoms with Crippen LogP contribution < -0.4 is 4.89 Å². The first-order chi connectivity index (χ1) is 12.7. The summed E-state index contributed by atoms with van der Waals surface area (Å²) in [6.45, 7) is 5.54. The minimum absolute atomic E-state index is 0.364. The molecule has 3 aromatic carbocycles. The summed E-state index contributed by atoms with van der Waals surface area (Å²) in [7, 11) is 0. The average Bonchev–Trinajstić information content (AvgIpc) is 2.72. The molecule has 3 rings (SSSR count). The highest BCUT2D eigenvalue weighted by atomic mass is 17.2. The molecule has 0 unspecified atom stereocenters. The van der Waals surface area contributed by atoms with Gasteiger partial charge in [-0.05, 0) is 17.5 Å². The van der Waals surface area contributed by atoms with E-state index in [-0.39, 0.29) is 0 Å². The lowest BCUT2D eigenvalue weighted by Crippen LogP contribution is -2.10. The van der Waals surface area contributed by atoms with Gasteiger partial charge in [0.15, 0.2) is 5.75 Å². The molecule has 0 spiro atoms. The summed E-state index contributed by atoms with van der Waals surface area (Å²) in [5, 5.41) is 0. The standard InChI is InChI=1S/C23H20O3/c1-3-17(2)23(24)26-25-22-20(18-11-6-4-7-12-18)15-10-16-21(22)19-13-8-5-9-14-19/h4-16H,2-3H2,1H3. The fraction of sp³-hybridized carbons (Fsp3) is 0.0870. The normalized spacial score (nSPS) is 10.2. The van der Waals surface area contributed by atoms with Crippen molar-refractivity contribution in [2.24, 2.45) is 0 Å². The molecule has 0 heterocycles. The highest BCUT2D eigenvalue weighted by Gasteiger charge is 2.17. The van der Waals surface area contributed by atoms with Gasteiger partial charge >= 0.3 is 5.97 Å². The highest BCUT2D eigenvalue weighted by molar-refractivity contribution is 5.87. The fourth-order valence-electron chi connectivity index (χ4n) is 2.60. The number of para-hydroxylation sites is 1. The van der Waals surface area contributed by atoms with Crippen molar-refractivity contribution in [3.63, 3.8) is 0 Å². The highest BCUT2D eigenvalue weighted by Crippen LogP contribution is 2.39. The number of hydrogen-bond donors (Lipinski definition) is 0. The van der Waals surface area contributed by atoms with Crippen LogP contribution in [0.15, 0.2) is 91.0 Å². The lowest BCUT2D eigenvalue weighted by molar-refractivity contribution is -0.208. The van der Waals surface area contributed by atoms with Crippen LogP contribution in [0, 0.1) is 0 Å². The van der Waals surface area contributed by atoms with Crippen LogP contribution in [-0.4, -0.2) is 5.97 Å². The Kier molecular flexibility index (Phi) is 5.49. The fourth-order valence-corrected chi connectivity index (χ4v) is 2.60. The third kappa shape index (κ3) is 3.83. The van der Waals surface area contributed by atoms with Crippen molar-refractivity contribution >= 4 is 5.97 Å². The number of carbonyl (C=O) groups is 1. The van der Waals surface area contributed by atoms with E-state index in [0.717, 1.165) is 22.3 Å². The van der Waals surface area contributed by atoms with Crippen LogP contribution in [-0.2, 0) is 9.68 Å². The van der Waals surface area contributed by atoms with E-state index >= 15 is 0 Å². The Balaban J connectivity index is 2.05. The molecule has 0 atom stereocenters. The van der Waals surface area contributed by atoms with Crippen molar-refractivity contribution in [1.29, 1.82) is 0 Å². The van der Waals surface area contributed by atoms with Gasteiger partial charge in [-0.15, -0.1) is 0 Å². The smallest absolute Gasteiger partial charge is 0.285 e. The lowest BCUT2D eigenvalue weighted by Gasteiger charge is -2.15. The van der Waals surface area contributed by atoms with Gasteiger partial charge < -0.3 is 0 Å². The molecule has 0 aromatic heterocycles. The first-order valence-corrected chi connectivity index (χ1v) is 8.51. The van der Waals surface area contributed by atoms with Gasteiger partial charge in [0.25, 0.3) is 0 Å². The number of hydrogen-bond acceptors (Lipinski definition) is 3. The maximum absolute atomic E-state index is 12.0. The van der Waals surface area contributed by atoms with Crippen molar-refractivity contribution in [1.82, 2.24) is 0 Å². The molecule has 3 aromatic rings. The molecule has 0 N–H and O–H groups in total. The van der Waals surface area contributed by atoms with Crippen molar-refractivity contribution in [3.8, 4) is 28.0 Å². The Morgan fingerprint density at radius 3 is 1.77 bits per heavy atom. The van der Waals surface area contributed by atoms with Gasteiger partial charge in [0.1, 0.15) is 0 Å². The molecule has 26 heavy (non-hydrogen) atoms. The summed E-state index contributed by atoms with van der Waals surface area (Å²) >= 11 is 0. The summed E-state index contributed by atoms with van der Waals surface area (Å²) in [5.74, 6) is -0.0588. The quantitative estimate of drug-likeness (QED) is 0.321. The van der Waals surface area contributed by atoms with Crippen molar-refractivity contribution in [2.45, 2.75) is 13.3 Å². The van der Waals surface area contributed by atoms with E-state index in [1.807, 2.05) is 85.8 Å². The van der Waals surface area contributed by atoms with E-state index in [1.165, 1.54) is 0 Å². The van der Waals surface area contributed by atoms with Gasteiger partial charge in [0.2, 0.25) is 0 Å². The Morgan fingerprint density at radius 2 is 1.31 bits per heavy atom. The van der Waals surface area contributed by atoms with Crippen LogP contribution >= 0.6 is 0 Å². The zero-order chi connectivity index (χ0) is 18.4. The Labute approximate surface area is 153 Å². The van der Waals surface area contributed by atoms with E-state index < -0.39 is 5.97 Å². The molecule has 3 nitrogen and oxygen atoms in total. The van der Waals surface area contributed by atoms with Gasteiger partial charge in [-0.1, -0.05) is 92.4 Å². The summed E-state index contributed by atoms with van der Waals surface area (Å²) < 4.78 is 0. The monoisotopic (exact) mass is 344 g/mol. The Morgan fingerprint density at radius 1 is 0.808 bits per heavy atom. The van der Waals surface area contributed by atoms with Crippen LogP contribution in [0.3, 0.4) is 0 Å². The van der Waals surface area contributed by atoms with Gasteiger partial charge in [-0.3, -0.25) is 4.89 Å². The molecule has 0 aliphatic rings. The molecule has 0 amide bonds. The number of rotatable bonds is 6. The predicted octanol–water partition coefficient (Wildman–Crippen LogP) is 5.82. The summed E-state index contributed by atoms with van der Waals surface area (Å²) in [4.78, 5) is 22.6. The largest absolute Gasteiger partial charge is 0.381 e. The van der Waals surface area contributed by atoms with Crippen LogP contribution in [0.2, 0.25) is 0 Å². The molecule has 0 saturated heterocycles. The molecule has 3 heteroatoms. The summed E-state index contributed by atoms with van der Waals surface area (Å²) in [5.41, 5.74) is 4.02. The molecular weight excluding hydrogens is 324 g/mol. The summed E-state index contributed by atoms with van der Waals surface area (Å²) in [6, 6.07) is 25.5. The number of benzene rings is 3. The third-order valence-electron chi connectivity index (χ3n) is 4.10. The van der Waals surface area contributed by atoms with Gasteiger partial charge in [-0.25, -0.2) is 9.68 Å². The average molecular weight is 344 g/mol. The van der Waals surface area contributed by atoms with Crippen molar-refractivity contribution in [3.05, 3.63) is 91.0 Å². The molecule has 0 fully saturated rings. The van der Waals surface area contributed by atoms with Crippen molar-refractivity contribution < 1.29 is 14.6 Å². The molecule has 0 aliphatic carbocycles. The predicted molar refractivity (Wildman–Crippen MR) is 103 cm³/mol. The maximum Gasteiger partial charge on any atom is 0.381 e. The van der Waals surface area contributed by atoms with E-state index in [9.17, 15) is 4.79 Å². The van der Waals surface area contributed by atoms with Gasteiger partial charge in [0.05, 0.1) is 0 Å². The van der Waals surface area contributed by atoms with E-state index in [2.05, 4.69) is 6.58 Å². The van der Waals surface area contributed by atoms with E-state index in [0.29, 0.717) is 17.7 Å². The van der Waals surface area contributed by atoms with E-state index in [4.69, 9.17) is 9.78 Å². The molecule has 0 bridgehead atoms. The topological polar surface area (TPSA) is 35.5 Å². The maximum atomic E-state index is 12.0. The second-order valence-electron chi connectivity index (χ2n) is 5.83. The second kappa shape index (κ2) is 8.17. The molecule has 0 aliphatic heterocycles. The van der Waals surface area contributed by atoms with Gasteiger partial charge in [-0.2, -0.15) is 0 Å². The van der Waals surface area contributed by atoms with Gasteiger partial charge in [0, 0.05) is 16.7 Å². The van der Waals surface area contributed by atoms with Crippen LogP contribution in [0.4, 0.5) is 0 Å². The molecular formula is C23H20O3. The molecule has 0 radical (unpaired) electrons. The first kappa shape index (κ1) is 17.5. The zero-order valence-electron chi connectivity index (χ0n) is 14.6. The third-order valence-corrected chi connectivity index (χ3v) is 4.10. The zero-order valence-corrected chi connectivity index (χ0v) is 14.6.